The third-order valence-corrected chi connectivity index (χ3v) is 6.19. The smallest absolute Gasteiger partial charge is 0.255 e. The monoisotopic (exact) mass is 434 g/mol. The Bertz CT molecular complexity index is 1100. The molecule has 3 rings (SSSR count). The second kappa shape index (κ2) is 9.17. The van der Waals surface area contributed by atoms with E-state index in [1.165, 1.54) is 47.7 Å². The van der Waals surface area contributed by atoms with Crippen molar-refractivity contribution >= 4 is 33.0 Å². The number of rotatable bonds is 8. The van der Waals surface area contributed by atoms with Gasteiger partial charge in [-0.3, -0.25) is 4.79 Å². The zero-order valence-corrected chi connectivity index (χ0v) is 17.1. The molecule has 6 nitrogen and oxygen atoms in total. The molecule has 1 aromatic heterocycles. The first-order valence-corrected chi connectivity index (χ1v) is 11.1. The zero-order chi connectivity index (χ0) is 20.9. The van der Waals surface area contributed by atoms with E-state index in [-0.39, 0.29) is 28.4 Å². The minimum absolute atomic E-state index is 0.0282. The fraction of sp³-hybridized carbons (Fsp3) is 0.150. The molecule has 1 heterocycles. The van der Waals surface area contributed by atoms with Crippen LogP contribution in [0, 0.1) is 5.82 Å². The molecule has 0 spiro atoms. The SMILES string of the molecule is CCOc1ccc(NC(=O)c2cccc(S(=O)(=O)NCc3cccs3)c2)cc1F. The number of sulfonamides is 1. The van der Waals surface area contributed by atoms with Gasteiger partial charge >= 0.3 is 0 Å². The maximum Gasteiger partial charge on any atom is 0.255 e. The van der Waals surface area contributed by atoms with Crippen molar-refractivity contribution in [2.45, 2.75) is 18.4 Å². The van der Waals surface area contributed by atoms with E-state index in [0.29, 0.717) is 6.61 Å². The predicted molar refractivity (Wildman–Crippen MR) is 110 cm³/mol. The van der Waals surface area contributed by atoms with Crippen molar-refractivity contribution in [3.8, 4) is 5.75 Å². The second-order valence-corrected chi connectivity index (χ2v) is 8.76. The highest BCUT2D eigenvalue weighted by Crippen LogP contribution is 2.22. The zero-order valence-electron chi connectivity index (χ0n) is 15.5. The van der Waals surface area contributed by atoms with Gasteiger partial charge in [0.25, 0.3) is 5.91 Å². The van der Waals surface area contributed by atoms with Crippen molar-refractivity contribution in [2.75, 3.05) is 11.9 Å². The number of carbonyl (C=O) groups excluding carboxylic acids is 1. The Morgan fingerprint density at radius 2 is 1.97 bits per heavy atom. The highest BCUT2D eigenvalue weighted by molar-refractivity contribution is 7.89. The highest BCUT2D eigenvalue weighted by Gasteiger charge is 2.17. The van der Waals surface area contributed by atoms with Gasteiger partial charge in [0.15, 0.2) is 11.6 Å². The van der Waals surface area contributed by atoms with E-state index in [2.05, 4.69) is 10.0 Å². The lowest BCUT2D eigenvalue weighted by molar-refractivity contribution is 0.102. The van der Waals surface area contributed by atoms with Crippen molar-refractivity contribution in [3.63, 3.8) is 0 Å². The Labute approximate surface area is 172 Å². The van der Waals surface area contributed by atoms with E-state index in [1.54, 1.807) is 6.92 Å². The van der Waals surface area contributed by atoms with Crippen LogP contribution >= 0.6 is 11.3 Å². The molecule has 2 aromatic carbocycles. The number of benzene rings is 2. The Hall–Kier alpha value is -2.75. The molecule has 1 amide bonds. The molecule has 29 heavy (non-hydrogen) atoms. The Balaban J connectivity index is 1.73. The molecule has 0 unspecified atom stereocenters. The molecule has 0 aliphatic carbocycles. The molecule has 0 saturated carbocycles. The van der Waals surface area contributed by atoms with Crippen LogP contribution in [0.5, 0.6) is 5.75 Å². The lowest BCUT2D eigenvalue weighted by Gasteiger charge is -2.10. The summed E-state index contributed by atoms with van der Waals surface area (Å²) in [4.78, 5) is 13.3. The van der Waals surface area contributed by atoms with Crippen molar-refractivity contribution < 1.29 is 22.3 Å². The van der Waals surface area contributed by atoms with Crippen LogP contribution in [0.1, 0.15) is 22.2 Å². The minimum Gasteiger partial charge on any atom is -0.491 e. The quantitative estimate of drug-likeness (QED) is 0.561. The number of ether oxygens (including phenoxy) is 1. The van der Waals surface area contributed by atoms with Crippen LogP contribution in [-0.2, 0) is 16.6 Å². The van der Waals surface area contributed by atoms with E-state index in [1.807, 2.05) is 17.5 Å². The van der Waals surface area contributed by atoms with Gasteiger partial charge in [-0.05, 0) is 48.7 Å². The van der Waals surface area contributed by atoms with Crippen molar-refractivity contribution in [1.82, 2.24) is 4.72 Å². The number of hydrogen-bond acceptors (Lipinski definition) is 5. The fourth-order valence-corrected chi connectivity index (χ4v) is 4.31. The second-order valence-electron chi connectivity index (χ2n) is 5.96. The molecule has 2 N–H and O–H groups in total. The van der Waals surface area contributed by atoms with Crippen LogP contribution in [0.3, 0.4) is 0 Å². The summed E-state index contributed by atoms with van der Waals surface area (Å²) in [5, 5.41) is 4.41. The first-order valence-electron chi connectivity index (χ1n) is 8.75. The number of nitrogens with one attached hydrogen (secondary N) is 2. The maximum atomic E-state index is 13.9. The van der Waals surface area contributed by atoms with Gasteiger partial charge < -0.3 is 10.1 Å². The summed E-state index contributed by atoms with van der Waals surface area (Å²) in [6.45, 7) is 2.23. The van der Waals surface area contributed by atoms with Crippen LogP contribution in [0.2, 0.25) is 0 Å². The topological polar surface area (TPSA) is 84.5 Å². The largest absolute Gasteiger partial charge is 0.491 e. The van der Waals surface area contributed by atoms with E-state index >= 15 is 0 Å². The first-order chi connectivity index (χ1) is 13.9. The molecular formula is C20H19FN2O4S2. The third-order valence-electron chi connectivity index (χ3n) is 3.91. The summed E-state index contributed by atoms with van der Waals surface area (Å²) < 4.78 is 46.6. The number of carbonyl (C=O) groups is 1. The van der Waals surface area contributed by atoms with Crippen LogP contribution < -0.4 is 14.8 Å². The molecule has 152 valence electrons. The Morgan fingerprint density at radius 1 is 1.14 bits per heavy atom. The molecule has 0 fully saturated rings. The summed E-state index contributed by atoms with van der Waals surface area (Å²) in [6.07, 6.45) is 0. The Morgan fingerprint density at radius 3 is 2.66 bits per heavy atom. The van der Waals surface area contributed by atoms with Gasteiger partial charge in [-0.2, -0.15) is 0 Å². The summed E-state index contributed by atoms with van der Waals surface area (Å²) in [6, 6.07) is 13.4. The summed E-state index contributed by atoms with van der Waals surface area (Å²) in [5.41, 5.74) is 0.373. The van der Waals surface area contributed by atoms with Gasteiger partial charge in [0, 0.05) is 28.7 Å². The number of amides is 1. The van der Waals surface area contributed by atoms with Crippen LogP contribution in [0.25, 0.3) is 0 Å². The van der Waals surface area contributed by atoms with E-state index in [0.717, 1.165) is 10.9 Å². The van der Waals surface area contributed by atoms with Gasteiger partial charge in [-0.1, -0.05) is 12.1 Å². The van der Waals surface area contributed by atoms with Crippen molar-refractivity contribution in [3.05, 3.63) is 76.2 Å². The molecule has 0 aliphatic heterocycles. The molecular weight excluding hydrogens is 415 g/mol. The summed E-state index contributed by atoms with van der Waals surface area (Å²) >= 11 is 1.44. The average molecular weight is 435 g/mol. The van der Waals surface area contributed by atoms with Gasteiger partial charge in [0.2, 0.25) is 10.0 Å². The van der Waals surface area contributed by atoms with E-state index in [9.17, 15) is 17.6 Å². The lowest BCUT2D eigenvalue weighted by Crippen LogP contribution is -2.23. The van der Waals surface area contributed by atoms with Gasteiger partial charge in [0.05, 0.1) is 11.5 Å². The average Bonchev–Trinajstić information content (AvgIpc) is 3.22. The van der Waals surface area contributed by atoms with Crippen molar-refractivity contribution in [1.29, 1.82) is 0 Å². The highest BCUT2D eigenvalue weighted by atomic mass is 32.2. The van der Waals surface area contributed by atoms with Crippen molar-refractivity contribution in [2.24, 2.45) is 0 Å². The lowest BCUT2D eigenvalue weighted by atomic mass is 10.2. The van der Waals surface area contributed by atoms with Gasteiger partial charge in [-0.25, -0.2) is 17.5 Å². The molecule has 9 heteroatoms. The van der Waals surface area contributed by atoms with E-state index < -0.39 is 21.7 Å². The third kappa shape index (κ3) is 5.41. The van der Waals surface area contributed by atoms with E-state index in [4.69, 9.17) is 4.74 Å². The summed E-state index contributed by atoms with van der Waals surface area (Å²) in [7, 11) is -3.78. The fourth-order valence-electron chi connectivity index (χ4n) is 2.52. The normalized spacial score (nSPS) is 11.2. The number of halogens is 1. The standard InChI is InChI=1S/C20H19FN2O4S2/c1-2-27-19-9-8-15(12-18(19)21)23-20(24)14-5-3-7-17(11-14)29(25,26)22-13-16-6-4-10-28-16/h3-12,22H,2,13H2,1H3,(H,23,24). The first kappa shape index (κ1) is 21.0. The number of anilines is 1. The molecule has 0 aliphatic rings. The van der Waals surface area contributed by atoms with Gasteiger partial charge in [0.1, 0.15) is 0 Å². The van der Waals surface area contributed by atoms with Crippen LogP contribution in [0.15, 0.2) is 64.9 Å². The molecule has 0 bridgehead atoms. The molecule has 0 radical (unpaired) electrons. The Kier molecular flexibility index (Phi) is 6.63. The van der Waals surface area contributed by atoms with Crippen LogP contribution in [-0.4, -0.2) is 20.9 Å². The van der Waals surface area contributed by atoms with Gasteiger partial charge in [-0.15, -0.1) is 11.3 Å². The minimum atomic E-state index is -3.78. The maximum absolute atomic E-state index is 13.9. The molecule has 3 aromatic rings. The predicted octanol–water partition coefficient (Wildman–Crippen LogP) is 4.02. The molecule has 0 atom stereocenters. The van der Waals surface area contributed by atoms with Crippen LogP contribution in [0.4, 0.5) is 10.1 Å². The number of thiophene rings is 1. The molecule has 0 saturated heterocycles. The summed E-state index contributed by atoms with van der Waals surface area (Å²) in [5.74, 6) is -1.06. The number of hydrogen-bond donors (Lipinski definition) is 2.